The van der Waals surface area contributed by atoms with Crippen molar-refractivity contribution < 1.29 is 29.3 Å². The first-order valence-corrected chi connectivity index (χ1v) is 13.3. The Hall–Kier alpha value is -5.05. The Balaban J connectivity index is 1.51. The van der Waals surface area contributed by atoms with E-state index in [2.05, 4.69) is 15.6 Å². The second-order valence-electron chi connectivity index (χ2n) is 10.1. The van der Waals surface area contributed by atoms with Gasteiger partial charge in [-0.1, -0.05) is 68.4 Å². The van der Waals surface area contributed by atoms with E-state index in [1.165, 1.54) is 6.92 Å². The van der Waals surface area contributed by atoms with Crippen LogP contribution in [0.4, 0.5) is 0 Å². The molecule has 2 atom stereocenters. The number of ether oxygens (including phenoxy) is 1. The highest BCUT2D eigenvalue weighted by molar-refractivity contribution is 6.05. The minimum Gasteiger partial charge on any atom is -0.494 e. The van der Waals surface area contributed by atoms with Crippen molar-refractivity contribution in [3.8, 4) is 23.3 Å². The van der Waals surface area contributed by atoms with Crippen molar-refractivity contribution >= 4 is 17.6 Å². The lowest BCUT2D eigenvalue weighted by molar-refractivity contribution is -0.122. The summed E-state index contributed by atoms with van der Waals surface area (Å²) in [4.78, 5) is 42.2. The van der Waals surface area contributed by atoms with E-state index in [1.807, 2.05) is 60.7 Å². The van der Waals surface area contributed by atoms with E-state index < -0.39 is 35.6 Å². The van der Waals surface area contributed by atoms with Gasteiger partial charge in [-0.2, -0.15) is 0 Å². The van der Waals surface area contributed by atoms with E-state index in [0.717, 1.165) is 0 Å². The molecule has 0 unspecified atom stereocenters. The number of nitrogens with one attached hydrogen (secondary N) is 3. The van der Waals surface area contributed by atoms with Crippen LogP contribution in [0.25, 0.3) is 0 Å². The predicted octanol–water partition coefficient (Wildman–Crippen LogP) is 5.41. The predicted molar refractivity (Wildman–Crippen MR) is 154 cm³/mol. The maximum absolute atomic E-state index is 13.3. The Morgan fingerprint density at radius 2 is 1.46 bits per heavy atom. The molecule has 0 radical (unpaired) electrons. The number of carbonyl (C=O) groups is 3. The molecule has 0 saturated heterocycles. The zero-order chi connectivity index (χ0) is 29.5. The summed E-state index contributed by atoms with van der Waals surface area (Å²) in [5, 5.41) is 25.7. The van der Waals surface area contributed by atoms with Crippen LogP contribution in [0.5, 0.6) is 23.3 Å². The fourth-order valence-corrected chi connectivity index (χ4v) is 4.48. The first kappa shape index (κ1) is 28.9. The van der Waals surface area contributed by atoms with Crippen molar-refractivity contribution in [3.05, 3.63) is 107 Å². The number of carbonyl (C=O) groups excluding carboxylic acids is 3. The van der Waals surface area contributed by atoms with Crippen LogP contribution in [-0.2, 0) is 4.79 Å². The minimum atomic E-state index is -0.971. The van der Waals surface area contributed by atoms with E-state index in [1.54, 1.807) is 38.1 Å². The van der Waals surface area contributed by atoms with Crippen LogP contribution < -0.4 is 15.4 Å². The molecule has 5 N–H and O–H groups in total. The molecule has 1 heterocycles. The molecule has 41 heavy (non-hydrogen) atoms. The largest absolute Gasteiger partial charge is 0.494 e. The average Bonchev–Trinajstić information content (AvgIpc) is 3.22. The number of aromatic hydroxyl groups is 2. The van der Waals surface area contributed by atoms with Crippen molar-refractivity contribution in [2.45, 2.75) is 39.3 Å². The van der Waals surface area contributed by atoms with E-state index in [0.29, 0.717) is 22.6 Å². The fourth-order valence-electron chi connectivity index (χ4n) is 4.48. The summed E-state index contributed by atoms with van der Waals surface area (Å²) in [6.45, 7) is 5.03. The summed E-state index contributed by atoms with van der Waals surface area (Å²) in [5.74, 6) is -1.37. The van der Waals surface area contributed by atoms with Crippen LogP contribution in [0, 0.1) is 12.8 Å². The SMILES string of the molecule is Cc1c(O)[nH]c(O)c1C(=O)[C@@H](NC(=O)C[C@H](NC(=O)c1cccc(Oc2ccccc2)c1)c1ccccc1)C(C)C. The molecule has 2 amide bonds. The maximum atomic E-state index is 13.3. The van der Waals surface area contributed by atoms with Gasteiger partial charge < -0.3 is 25.6 Å². The standard InChI is InChI=1S/C32H33N3O6/c1-19(2)28(29(37)27-20(3)30(38)35-32(27)40)34-26(36)18-25(21-11-6-4-7-12-21)33-31(39)22-13-10-16-24(17-22)41-23-14-8-5-9-15-23/h4-17,19,25,28,35,38,40H,18H2,1-3H3,(H,33,39)(H,34,36)/t25-,28-/m0/s1. The van der Waals surface area contributed by atoms with Crippen LogP contribution in [0.2, 0.25) is 0 Å². The van der Waals surface area contributed by atoms with E-state index >= 15 is 0 Å². The van der Waals surface area contributed by atoms with Crippen LogP contribution in [-0.4, -0.2) is 38.8 Å². The number of hydrogen-bond donors (Lipinski definition) is 5. The lowest BCUT2D eigenvalue weighted by Crippen LogP contribution is -2.45. The van der Waals surface area contributed by atoms with Gasteiger partial charge in [-0.15, -0.1) is 0 Å². The van der Waals surface area contributed by atoms with Gasteiger partial charge in [-0.05, 0) is 48.7 Å². The number of para-hydroxylation sites is 1. The van der Waals surface area contributed by atoms with Gasteiger partial charge in [0.2, 0.25) is 11.8 Å². The van der Waals surface area contributed by atoms with Gasteiger partial charge in [0.05, 0.1) is 24.1 Å². The maximum Gasteiger partial charge on any atom is 0.251 e. The Bertz CT molecular complexity index is 1520. The number of hydrogen-bond acceptors (Lipinski definition) is 6. The first-order chi connectivity index (χ1) is 19.6. The number of amides is 2. The number of ketones is 1. The van der Waals surface area contributed by atoms with Crippen LogP contribution in [0.15, 0.2) is 84.9 Å². The number of Topliss-reactive ketones (excluding diaryl/α,β-unsaturated/α-hetero) is 1. The smallest absolute Gasteiger partial charge is 0.251 e. The van der Waals surface area contributed by atoms with Gasteiger partial charge in [0.25, 0.3) is 5.91 Å². The molecule has 0 spiro atoms. The van der Waals surface area contributed by atoms with Crippen molar-refractivity contribution in [1.29, 1.82) is 0 Å². The molecule has 0 fully saturated rings. The fraction of sp³-hybridized carbons (Fsp3) is 0.219. The average molecular weight is 556 g/mol. The molecule has 9 nitrogen and oxygen atoms in total. The second kappa shape index (κ2) is 12.9. The number of H-pyrrole nitrogens is 1. The van der Waals surface area contributed by atoms with E-state index in [-0.39, 0.29) is 29.3 Å². The Kier molecular flexibility index (Phi) is 9.08. The topological polar surface area (TPSA) is 141 Å². The van der Waals surface area contributed by atoms with Crippen molar-refractivity contribution in [3.63, 3.8) is 0 Å². The highest BCUT2D eigenvalue weighted by Crippen LogP contribution is 2.30. The van der Waals surface area contributed by atoms with Crippen LogP contribution in [0.3, 0.4) is 0 Å². The molecule has 3 aromatic carbocycles. The Morgan fingerprint density at radius 3 is 2.07 bits per heavy atom. The highest BCUT2D eigenvalue weighted by Gasteiger charge is 2.31. The normalized spacial score (nSPS) is 12.4. The van der Waals surface area contributed by atoms with Crippen LogP contribution >= 0.6 is 0 Å². The molecule has 212 valence electrons. The number of aromatic amines is 1. The third-order valence-electron chi connectivity index (χ3n) is 6.69. The Morgan fingerprint density at radius 1 is 0.829 bits per heavy atom. The summed E-state index contributed by atoms with van der Waals surface area (Å²) in [7, 11) is 0. The van der Waals surface area contributed by atoms with Gasteiger partial charge in [0.15, 0.2) is 11.7 Å². The van der Waals surface area contributed by atoms with Crippen LogP contribution in [0.1, 0.15) is 58.2 Å². The van der Waals surface area contributed by atoms with Gasteiger partial charge in [0.1, 0.15) is 11.5 Å². The summed E-state index contributed by atoms with van der Waals surface area (Å²) < 4.78 is 5.85. The number of benzene rings is 3. The lowest BCUT2D eigenvalue weighted by atomic mass is 9.93. The third-order valence-corrected chi connectivity index (χ3v) is 6.69. The molecule has 0 saturated carbocycles. The van der Waals surface area contributed by atoms with Crippen molar-refractivity contribution in [1.82, 2.24) is 15.6 Å². The number of rotatable bonds is 11. The first-order valence-electron chi connectivity index (χ1n) is 13.3. The molecule has 1 aromatic heterocycles. The Labute approximate surface area is 238 Å². The molecule has 0 bridgehead atoms. The second-order valence-corrected chi connectivity index (χ2v) is 10.1. The lowest BCUT2D eigenvalue weighted by Gasteiger charge is -2.24. The summed E-state index contributed by atoms with van der Waals surface area (Å²) in [5.41, 5.74) is 1.18. The van der Waals surface area contributed by atoms with E-state index in [9.17, 15) is 24.6 Å². The molecule has 0 aliphatic heterocycles. The molecule has 4 aromatic rings. The zero-order valence-corrected chi connectivity index (χ0v) is 23.0. The van der Waals surface area contributed by atoms with Crippen molar-refractivity contribution in [2.75, 3.05) is 0 Å². The molecule has 0 aliphatic rings. The number of aromatic nitrogens is 1. The van der Waals surface area contributed by atoms with Gasteiger partial charge >= 0.3 is 0 Å². The molecular formula is C32H33N3O6. The summed E-state index contributed by atoms with van der Waals surface area (Å²) in [6, 6.07) is 23.4. The monoisotopic (exact) mass is 555 g/mol. The van der Waals surface area contributed by atoms with Gasteiger partial charge in [-0.25, -0.2) is 0 Å². The van der Waals surface area contributed by atoms with Gasteiger partial charge in [-0.3, -0.25) is 19.4 Å². The van der Waals surface area contributed by atoms with E-state index in [4.69, 9.17) is 4.74 Å². The summed E-state index contributed by atoms with van der Waals surface area (Å²) >= 11 is 0. The van der Waals surface area contributed by atoms with Gasteiger partial charge in [0, 0.05) is 11.1 Å². The molecule has 0 aliphatic carbocycles. The molecule has 9 heteroatoms. The van der Waals surface area contributed by atoms with Crippen molar-refractivity contribution in [2.24, 2.45) is 5.92 Å². The zero-order valence-electron chi connectivity index (χ0n) is 23.0. The highest BCUT2D eigenvalue weighted by atomic mass is 16.5. The molecular weight excluding hydrogens is 522 g/mol. The quantitative estimate of drug-likeness (QED) is 0.157. The minimum absolute atomic E-state index is 0.0768. The summed E-state index contributed by atoms with van der Waals surface area (Å²) in [6.07, 6.45) is -0.143. The third kappa shape index (κ3) is 7.13. The molecule has 4 rings (SSSR count).